The molecule has 6 nitrogen and oxygen atoms in total. The van der Waals surface area contributed by atoms with E-state index in [9.17, 15) is 0 Å². The molecule has 1 aliphatic rings. The van der Waals surface area contributed by atoms with Crippen LogP contribution in [0.2, 0.25) is 0 Å². The molecular weight excluding hydrogens is 308 g/mol. The Morgan fingerprint density at radius 2 is 2.39 bits per heavy atom. The fourth-order valence-electron chi connectivity index (χ4n) is 2.57. The Balaban J connectivity index is 1.53. The van der Waals surface area contributed by atoms with E-state index in [1.807, 2.05) is 30.9 Å². The van der Waals surface area contributed by atoms with Crippen LogP contribution in [0, 0.1) is 0 Å². The van der Waals surface area contributed by atoms with Crippen molar-refractivity contribution in [1.29, 1.82) is 0 Å². The van der Waals surface area contributed by atoms with Gasteiger partial charge in [-0.15, -0.1) is 0 Å². The van der Waals surface area contributed by atoms with Gasteiger partial charge in [0, 0.05) is 25.4 Å². The summed E-state index contributed by atoms with van der Waals surface area (Å²) in [4.78, 5) is 8.28. The minimum atomic E-state index is 0.712. The van der Waals surface area contributed by atoms with Crippen molar-refractivity contribution in [3.63, 3.8) is 0 Å². The van der Waals surface area contributed by atoms with Crippen LogP contribution in [0.4, 0.5) is 0 Å². The molecule has 122 valence electrons. The molecule has 0 aliphatic carbocycles. The molecule has 2 N–H and O–H groups in total. The number of benzene rings is 1. The van der Waals surface area contributed by atoms with Gasteiger partial charge in [-0.1, -0.05) is 12.1 Å². The van der Waals surface area contributed by atoms with E-state index in [-0.39, 0.29) is 0 Å². The largest absolute Gasteiger partial charge is 0.355 e. The Morgan fingerprint density at radius 1 is 1.43 bits per heavy atom. The quantitative estimate of drug-likeness (QED) is 0.647. The monoisotopic (exact) mass is 330 g/mol. The molecule has 0 amide bonds. The summed E-state index contributed by atoms with van der Waals surface area (Å²) in [6.45, 7) is 1.70. The van der Waals surface area contributed by atoms with Crippen LogP contribution in [0.3, 0.4) is 0 Å². The molecule has 23 heavy (non-hydrogen) atoms. The van der Waals surface area contributed by atoms with Crippen LogP contribution in [0.1, 0.15) is 18.4 Å². The molecule has 0 saturated carbocycles. The van der Waals surface area contributed by atoms with E-state index in [0.29, 0.717) is 5.25 Å². The van der Waals surface area contributed by atoms with Crippen molar-refractivity contribution in [3.05, 3.63) is 42.5 Å². The van der Waals surface area contributed by atoms with E-state index >= 15 is 0 Å². The Kier molecular flexibility index (Phi) is 5.52. The van der Waals surface area contributed by atoms with Crippen LogP contribution >= 0.6 is 11.8 Å². The number of thioether (sulfide) groups is 1. The zero-order valence-electron chi connectivity index (χ0n) is 13.3. The van der Waals surface area contributed by atoms with E-state index in [1.165, 1.54) is 30.5 Å². The summed E-state index contributed by atoms with van der Waals surface area (Å²) in [5, 5.41) is 11.7. The van der Waals surface area contributed by atoms with Gasteiger partial charge in [-0.25, -0.2) is 9.67 Å². The lowest BCUT2D eigenvalue weighted by atomic mass is 10.2. The lowest BCUT2D eigenvalue weighted by Crippen LogP contribution is -2.39. The zero-order valence-corrected chi connectivity index (χ0v) is 14.1. The fraction of sp³-hybridized carbons (Fsp3) is 0.438. The van der Waals surface area contributed by atoms with E-state index in [0.717, 1.165) is 24.7 Å². The maximum absolute atomic E-state index is 4.29. The summed E-state index contributed by atoms with van der Waals surface area (Å²) < 4.78 is 1.76. The highest BCUT2D eigenvalue weighted by molar-refractivity contribution is 8.00. The average molecular weight is 330 g/mol. The van der Waals surface area contributed by atoms with Gasteiger partial charge in [-0.2, -0.15) is 16.9 Å². The number of aliphatic imine (C=N–C) groups is 1. The van der Waals surface area contributed by atoms with Gasteiger partial charge in [0.1, 0.15) is 12.7 Å². The number of nitrogens with zero attached hydrogens (tertiary/aromatic N) is 4. The van der Waals surface area contributed by atoms with Gasteiger partial charge < -0.3 is 10.6 Å². The van der Waals surface area contributed by atoms with Gasteiger partial charge in [0.2, 0.25) is 0 Å². The van der Waals surface area contributed by atoms with E-state index < -0.39 is 0 Å². The summed E-state index contributed by atoms with van der Waals surface area (Å²) in [6, 6.07) is 8.23. The zero-order chi connectivity index (χ0) is 15.9. The van der Waals surface area contributed by atoms with Crippen molar-refractivity contribution in [2.45, 2.75) is 24.6 Å². The predicted octanol–water partition coefficient (Wildman–Crippen LogP) is 1.83. The molecule has 2 aromatic rings. The van der Waals surface area contributed by atoms with E-state index in [4.69, 9.17) is 0 Å². The molecule has 3 rings (SSSR count). The molecule has 2 heterocycles. The van der Waals surface area contributed by atoms with Crippen molar-refractivity contribution < 1.29 is 0 Å². The van der Waals surface area contributed by atoms with E-state index in [2.05, 4.69) is 37.8 Å². The molecule has 1 aromatic heterocycles. The summed E-state index contributed by atoms with van der Waals surface area (Å²) >= 11 is 2.05. The third-order valence-electron chi connectivity index (χ3n) is 3.80. The van der Waals surface area contributed by atoms with Gasteiger partial charge in [0.15, 0.2) is 5.96 Å². The smallest absolute Gasteiger partial charge is 0.191 e. The van der Waals surface area contributed by atoms with Crippen LogP contribution in [0.5, 0.6) is 0 Å². The number of nitrogens with one attached hydrogen (secondary N) is 2. The fourth-order valence-corrected chi connectivity index (χ4v) is 3.77. The second-order valence-electron chi connectivity index (χ2n) is 5.45. The summed E-state index contributed by atoms with van der Waals surface area (Å²) in [5.41, 5.74) is 2.18. The molecule has 1 fully saturated rings. The highest BCUT2D eigenvalue weighted by Gasteiger charge is 2.15. The first-order valence-corrected chi connectivity index (χ1v) is 8.90. The van der Waals surface area contributed by atoms with Crippen molar-refractivity contribution in [2.75, 3.05) is 19.3 Å². The highest BCUT2D eigenvalue weighted by Crippen LogP contribution is 2.25. The van der Waals surface area contributed by atoms with Gasteiger partial charge >= 0.3 is 0 Å². The maximum atomic E-state index is 4.29. The molecule has 0 spiro atoms. The Hall–Kier alpha value is -2.02. The van der Waals surface area contributed by atoms with Gasteiger partial charge in [-0.3, -0.25) is 4.99 Å². The second-order valence-corrected chi connectivity index (χ2v) is 6.86. The standard InChI is InChI=1S/C16H22N6S/c1-17-16(20-10-15-6-3-7-23-15)19-9-13-4-2-5-14(8-13)22-12-18-11-21-22/h2,4-5,8,11-12,15H,3,6-7,9-10H2,1H3,(H2,17,19,20). The number of guanidine groups is 1. The molecular formula is C16H22N6S. The van der Waals surface area contributed by atoms with Crippen LogP contribution in [0.25, 0.3) is 5.69 Å². The first-order valence-electron chi connectivity index (χ1n) is 7.85. The molecule has 1 aliphatic heterocycles. The van der Waals surface area contributed by atoms with Crippen LogP contribution < -0.4 is 10.6 Å². The van der Waals surface area contributed by atoms with Gasteiger partial charge in [-0.05, 0) is 36.3 Å². The van der Waals surface area contributed by atoms with Crippen molar-refractivity contribution in [1.82, 2.24) is 25.4 Å². The first kappa shape index (κ1) is 15.9. The molecule has 1 aromatic carbocycles. The Morgan fingerprint density at radius 3 is 3.13 bits per heavy atom. The average Bonchev–Trinajstić information content (AvgIpc) is 3.29. The number of hydrogen-bond donors (Lipinski definition) is 2. The molecule has 0 bridgehead atoms. The summed E-state index contributed by atoms with van der Waals surface area (Å²) in [5.74, 6) is 2.14. The Bertz CT molecular complexity index is 634. The SMILES string of the molecule is CN=C(NCc1cccc(-n2cncn2)c1)NCC1CCCS1. The highest BCUT2D eigenvalue weighted by atomic mass is 32.2. The Labute approximate surface area is 140 Å². The van der Waals surface area contributed by atoms with Crippen LogP contribution in [-0.2, 0) is 6.54 Å². The van der Waals surface area contributed by atoms with Gasteiger partial charge in [0.25, 0.3) is 0 Å². The number of rotatable bonds is 5. The number of aromatic nitrogens is 3. The molecule has 1 unspecified atom stereocenters. The summed E-state index contributed by atoms with van der Waals surface area (Å²) in [7, 11) is 1.81. The van der Waals surface area contributed by atoms with Crippen LogP contribution in [0.15, 0.2) is 41.9 Å². The van der Waals surface area contributed by atoms with Crippen molar-refractivity contribution in [2.24, 2.45) is 4.99 Å². The summed E-state index contributed by atoms with van der Waals surface area (Å²) in [6.07, 6.45) is 5.87. The minimum absolute atomic E-state index is 0.712. The third-order valence-corrected chi connectivity index (χ3v) is 5.20. The minimum Gasteiger partial charge on any atom is -0.355 e. The topological polar surface area (TPSA) is 67.1 Å². The van der Waals surface area contributed by atoms with Crippen molar-refractivity contribution in [3.8, 4) is 5.69 Å². The van der Waals surface area contributed by atoms with Crippen molar-refractivity contribution >= 4 is 17.7 Å². The third kappa shape index (κ3) is 4.48. The normalized spacial score (nSPS) is 18.1. The second kappa shape index (κ2) is 8.01. The lowest BCUT2D eigenvalue weighted by Gasteiger charge is -2.15. The predicted molar refractivity (Wildman–Crippen MR) is 95.0 cm³/mol. The van der Waals surface area contributed by atoms with Crippen LogP contribution in [-0.4, -0.2) is 45.3 Å². The molecule has 1 atom stereocenters. The van der Waals surface area contributed by atoms with E-state index in [1.54, 1.807) is 11.0 Å². The first-order chi connectivity index (χ1) is 11.3. The molecule has 7 heteroatoms. The maximum Gasteiger partial charge on any atom is 0.191 e. The molecule has 0 radical (unpaired) electrons. The number of hydrogen-bond acceptors (Lipinski definition) is 4. The lowest BCUT2D eigenvalue weighted by molar-refractivity contribution is 0.726. The van der Waals surface area contributed by atoms with Gasteiger partial charge in [0.05, 0.1) is 5.69 Å². The molecule has 1 saturated heterocycles.